The van der Waals surface area contributed by atoms with Crippen molar-refractivity contribution in [1.82, 2.24) is 25.5 Å². The van der Waals surface area contributed by atoms with E-state index in [4.69, 9.17) is 0 Å². The maximum Gasteiger partial charge on any atom is 0.252 e. The first kappa shape index (κ1) is 16.4. The fourth-order valence-electron chi connectivity index (χ4n) is 2.31. The number of nitrogens with one attached hydrogen (secondary N) is 2. The molecule has 3 aromatic rings. The molecule has 0 aliphatic heterocycles. The van der Waals surface area contributed by atoms with Crippen LogP contribution >= 0.6 is 11.8 Å². The number of benzene rings is 1. The molecule has 0 radical (unpaired) electrons. The minimum atomic E-state index is -0.370. The van der Waals surface area contributed by atoms with E-state index in [-0.39, 0.29) is 11.7 Å². The molecule has 0 atom stereocenters. The molecule has 2 N–H and O–H groups in total. The zero-order chi connectivity index (χ0) is 17.1. The Morgan fingerprint density at radius 1 is 1.29 bits per heavy atom. The summed E-state index contributed by atoms with van der Waals surface area (Å²) >= 11 is 1.46. The van der Waals surface area contributed by atoms with Crippen LogP contribution in [-0.4, -0.2) is 38.4 Å². The van der Waals surface area contributed by atoms with Gasteiger partial charge in [-0.15, -0.1) is 5.10 Å². The van der Waals surface area contributed by atoms with Gasteiger partial charge in [-0.2, -0.15) is 0 Å². The SMILES string of the molecule is Cc1cc(C(=O)NCCSc2n[nH]c(C)n2)c2ccc(F)cc2n1. The van der Waals surface area contributed by atoms with Crippen LogP contribution in [0.1, 0.15) is 21.9 Å². The summed E-state index contributed by atoms with van der Waals surface area (Å²) < 4.78 is 13.4. The van der Waals surface area contributed by atoms with Crippen molar-refractivity contribution < 1.29 is 9.18 Å². The number of thioether (sulfide) groups is 1. The normalized spacial score (nSPS) is 11.0. The third kappa shape index (κ3) is 3.70. The molecule has 3 rings (SSSR count). The first-order chi connectivity index (χ1) is 11.5. The molecule has 1 aromatic carbocycles. The van der Waals surface area contributed by atoms with Gasteiger partial charge in [0.2, 0.25) is 5.16 Å². The van der Waals surface area contributed by atoms with Gasteiger partial charge in [-0.05, 0) is 32.0 Å². The summed E-state index contributed by atoms with van der Waals surface area (Å²) in [7, 11) is 0. The molecule has 0 bridgehead atoms. The maximum absolute atomic E-state index is 13.4. The topological polar surface area (TPSA) is 83.6 Å². The number of aryl methyl sites for hydroxylation is 2. The Morgan fingerprint density at radius 2 is 2.12 bits per heavy atom. The second-order valence-electron chi connectivity index (χ2n) is 5.28. The highest BCUT2D eigenvalue weighted by atomic mass is 32.2. The first-order valence-electron chi connectivity index (χ1n) is 7.40. The molecular weight excluding hydrogens is 329 g/mol. The highest BCUT2D eigenvalue weighted by Crippen LogP contribution is 2.19. The minimum Gasteiger partial charge on any atom is -0.351 e. The van der Waals surface area contributed by atoms with Gasteiger partial charge in [-0.25, -0.2) is 9.37 Å². The fraction of sp³-hybridized carbons (Fsp3) is 0.250. The molecule has 0 aliphatic rings. The molecular formula is C16H16FN5OS. The average molecular weight is 345 g/mol. The second-order valence-corrected chi connectivity index (χ2v) is 6.34. The number of amides is 1. The maximum atomic E-state index is 13.4. The van der Waals surface area contributed by atoms with E-state index >= 15 is 0 Å². The lowest BCUT2D eigenvalue weighted by atomic mass is 10.1. The quantitative estimate of drug-likeness (QED) is 0.549. The van der Waals surface area contributed by atoms with Gasteiger partial charge >= 0.3 is 0 Å². The molecule has 124 valence electrons. The summed E-state index contributed by atoms with van der Waals surface area (Å²) in [5.74, 6) is 0.834. The number of carbonyl (C=O) groups is 1. The molecule has 1 amide bonds. The standard InChI is InChI=1S/C16H16FN5OS/c1-9-7-13(12-4-3-11(17)8-14(12)19-9)15(23)18-5-6-24-16-20-10(2)21-22-16/h3-4,7-8H,5-6H2,1-2H3,(H,18,23)(H,20,21,22). The molecule has 0 spiro atoms. The van der Waals surface area contributed by atoms with Crippen molar-refractivity contribution in [3.63, 3.8) is 0 Å². The van der Waals surface area contributed by atoms with Gasteiger partial charge in [-0.3, -0.25) is 14.9 Å². The van der Waals surface area contributed by atoms with Crippen LogP contribution < -0.4 is 5.32 Å². The van der Waals surface area contributed by atoms with E-state index < -0.39 is 0 Å². The van der Waals surface area contributed by atoms with Crippen molar-refractivity contribution in [2.24, 2.45) is 0 Å². The molecule has 0 aliphatic carbocycles. The zero-order valence-corrected chi connectivity index (χ0v) is 14.1. The molecule has 8 heteroatoms. The molecule has 6 nitrogen and oxygen atoms in total. The summed E-state index contributed by atoms with van der Waals surface area (Å²) in [5, 5.41) is 10.9. The molecule has 0 saturated carbocycles. The molecule has 2 aromatic heterocycles. The van der Waals surface area contributed by atoms with E-state index in [0.717, 1.165) is 5.82 Å². The van der Waals surface area contributed by atoms with Crippen LogP contribution in [0.15, 0.2) is 29.4 Å². The molecule has 24 heavy (non-hydrogen) atoms. The summed E-state index contributed by atoms with van der Waals surface area (Å²) in [5.41, 5.74) is 1.64. The second kappa shape index (κ2) is 6.96. The third-order valence-electron chi connectivity index (χ3n) is 3.34. The number of hydrogen-bond donors (Lipinski definition) is 2. The summed E-state index contributed by atoms with van der Waals surface area (Å²) in [6, 6.07) is 5.95. The van der Waals surface area contributed by atoms with Crippen LogP contribution in [0, 0.1) is 19.7 Å². The molecule has 0 saturated heterocycles. The number of halogens is 1. The van der Waals surface area contributed by atoms with Crippen molar-refractivity contribution in [2.75, 3.05) is 12.3 Å². The Morgan fingerprint density at radius 3 is 2.88 bits per heavy atom. The summed E-state index contributed by atoms with van der Waals surface area (Å²) in [6.07, 6.45) is 0. The summed E-state index contributed by atoms with van der Waals surface area (Å²) in [6.45, 7) is 4.09. The Hall–Kier alpha value is -2.48. The van der Waals surface area contributed by atoms with Gasteiger partial charge < -0.3 is 5.32 Å². The number of fused-ring (bicyclic) bond motifs is 1. The lowest BCUT2D eigenvalue weighted by Crippen LogP contribution is -2.26. The van der Waals surface area contributed by atoms with Gasteiger partial charge in [0, 0.05) is 29.4 Å². The lowest BCUT2D eigenvalue weighted by molar-refractivity contribution is 0.0957. The third-order valence-corrected chi connectivity index (χ3v) is 4.19. The van der Waals surface area contributed by atoms with E-state index in [2.05, 4.69) is 25.5 Å². The Balaban J connectivity index is 1.67. The van der Waals surface area contributed by atoms with Crippen molar-refractivity contribution in [3.8, 4) is 0 Å². The largest absolute Gasteiger partial charge is 0.351 e. The number of rotatable bonds is 5. The van der Waals surface area contributed by atoms with Crippen molar-refractivity contribution in [2.45, 2.75) is 19.0 Å². The average Bonchev–Trinajstić information content (AvgIpc) is 2.95. The van der Waals surface area contributed by atoms with Crippen molar-refractivity contribution in [1.29, 1.82) is 0 Å². The van der Waals surface area contributed by atoms with Crippen LogP contribution in [-0.2, 0) is 0 Å². The number of carbonyl (C=O) groups excluding carboxylic acids is 1. The number of aromatic nitrogens is 4. The van der Waals surface area contributed by atoms with E-state index in [1.165, 1.54) is 23.9 Å². The predicted molar refractivity (Wildman–Crippen MR) is 90.6 cm³/mol. The fourth-order valence-corrected chi connectivity index (χ4v) is 3.01. The summed E-state index contributed by atoms with van der Waals surface area (Å²) in [4.78, 5) is 20.9. The monoisotopic (exact) mass is 345 g/mol. The molecule has 0 unspecified atom stereocenters. The van der Waals surface area contributed by atoms with Crippen LogP contribution in [0.25, 0.3) is 10.9 Å². The van der Waals surface area contributed by atoms with E-state index in [1.807, 2.05) is 6.92 Å². The van der Waals surface area contributed by atoms with E-state index in [9.17, 15) is 9.18 Å². The predicted octanol–water partition coefficient (Wildman–Crippen LogP) is 2.63. The Bertz CT molecular complexity index is 890. The van der Waals surface area contributed by atoms with Gasteiger partial charge in [0.15, 0.2) is 0 Å². The Kier molecular flexibility index (Phi) is 4.75. The number of H-pyrrole nitrogens is 1. The number of aromatic amines is 1. The van der Waals surface area contributed by atoms with Gasteiger partial charge in [0.25, 0.3) is 5.91 Å². The zero-order valence-electron chi connectivity index (χ0n) is 13.3. The van der Waals surface area contributed by atoms with Crippen LogP contribution in [0.5, 0.6) is 0 Å². The minimum absolute atomic E-state index is 0.205. The smallest absolute Gasteiger partial charge is 0.252 e. The van der Waals surface area contributed by atoms with Gasteiger partial charge in [0.05, 0.1) is 11.1 Å². The lowest BCUT2D eigenvalue weighted by Gasteiger charge is -2.09. The number of hydrogen-bond acceptors (Lipinski definition) is 5. The van der Waals surface area contributed by atoms with E-state index in [0.29, 0.717) is 39.6 Å². The molecule has 2 heterocycles. The van der Waals surface area contributed by atoms with Crippen LogP contribution in [0.3, 0.4) is 0 Å². The van der Waals surface area contributed by atoms with E-state index in [1.54, 1.807) is 19.1 Å². The number of nitrogens with zero attached hydrogens (tertiary/aromatic N) is 3. The van der Waals surface area contributed by atoms with Crippen LogP contribution in [0.2, 0.25) is 0 Å². The van der Waals surface area contributed by atoms with Crippen LogP contribution in [0.4, 0.5) is 4.39 Å². The Labute approximate surface area is 142 Å². The van der Waals surface area contributed by atoms with Crippen molar-refractivity contribution in [3.05, 3.63) is 47.2 Å². The van der Waals surface area contributed by atoms with Crippen molar-refractivity contribution >= 4 is 28.6 Å². The van der Waals surface area contributed by atoms with Gasteiger partial charge in [0.1, 0.15) is 11.6 Å². The molecule has 0 fully saturated rings. The number of pyridine rings is 1. The highest BCUT2D eigenvalue weighted by molar-refractivity contribution is 7.99. The highest BCUT2D eigenvalue weighted by Gasteiger charge is 2.12. The first-order valence-corrected chi connectivity index (χ1v) is 8.38. The van der Waals surface area contributed by atoms with Gasteiger partial charge in [-0.1, -0.05) is 11.8 Å².